The van der Waals surface area contributed by atoms with Gasteiger partial charge in [0.05, 0.1) is 6.26 Å². The van der Waals surface area contributed by atoms with Crippen molar-refractivity contribution in [2.45, 2.75) is 25.8 Å². The molecule has 0 saturated carbocycles. The smallest absolute Gasteiger partial charge is 0.223 e. The van der Waals surface area contributed by atoms with Gasteiger partial charge in [-0.15, -0.1) is 0 Å². The lowest BCUT2D eigenvalue weighted by atomic mass is 10.1. The summed E-state index contributed by atoms with van der Waals surface area (Å²) in [7, 11) is 1.80. The predicted octanol–water partition coefficient (Wildman–Crippen LogP) is 2.13. The minimum absolute atomic E-state index is 0.257. The van der Waals surface area contributed by atoms with Crippen LogP contribution in [-0.4, -0.2) is 23.1 Å². The van der Waals surface area contributed by atoms with E-state index in [-0.39, 0.29) is 12.0 Å². The highest BCUT2D eigenvalue weighted by atomic mass is 16.3. The van der Waals surface area contributed by atoms with Crippen LogP contribution in [0, 0.1) is 0 Å². The average molecular weight is 261 g/mol. The fourth-order valence-corrected chi connectivity index (χ4v) is 1.81. The van der Waals surface area contributed by atoms with Crippen LogP contribution in [0.1, 0.15) is 19.1 Å². The molecule has 1 unspecified atom stereocenters. The quantitative estimate of drug-likeness (QED) is 0.738. The molecule has 0 saturated heterocycles. The van der Waals surface area contributed by atoms with E-state index in [0.29, 0.717) is 5.82 Å². The fraction of sp³-hybridized carbons (Fsp3) is 0.385. The maximum atomic E-state index is 5.64. The van der Waals surface area contributed by atoms with Gasteiger partial charge >= 0.3 is 0 Å². The summed E-state index contributed by atoms with van der Waals surface area (Å²) in [4.78, 5) is 8.21. The van der Waals surface area contributed by atoms with E-state index in [4.69, 9.17) is 10.2 Å². The number of hydrogen-bond donors (Lipinski definition) is 3. The molecule has 102 valence electrons. The maximum absolute atomic E-state index is 5.64. The van der Waals surface area contributed by atoms with E-state index in [9.17, 15) is 0 Å². The Morgan fingerprint density at radius 1 is 1.37 bits per heavy atom. The van der Waals surface area contributed by atoms with Crippen LogP contribution < -0.4 is 16.4 Å². The molecule has 4 N–H and O–H groups in total. The van der Waals surface area contributed by atoms with Crippen LogP contribution in [0.25, 0.3) is 0 Å². The summed E-state index contributed by atoms with van der Waals surface area (Å²) in [5.74, 6) is 2.68. The van der Waals surface area contributed by atoms with Crippen LogP contribution >= 0.6 is 0 Å². The summed E-state index contributed by atoms with van der Waals surface area (Å²) < 4.78 is 5.31. The van der Waals surface area contributed by atoms with Gasteiger partial charge in [-0.2, -0.15) is 9.97 Å². The Labute approximate surface area is 112 Å². The number of hydrogen-bond acceptors (Lipinski definition) is 6. The topological polar surface area (TPSA) is 89.0 Å². The van der Waals surface area contributed by atoms with Crippen LogP contribution in [0.4, 0.5) is 17.6 Å². The Morgan fingerprint density at radius 3 is 2.84 bits per heavy atom. The van der Waals surface area contributed by atoms with Crippen LogP contribution in [0.2, 0.25) is 0 Å². The molecule has 0 aliphatic heterocycles. The lowest BCUT2D eigenvalue weighted by Crippen LogP contribution is -2.17. The highest BCUT2D eigenvalue weighted by Crippen LogP contribution is 2.14. The number of nitrogens with one attached hydrogen (secondary N) is 2. The van der Waals surface area contributed by atoms with Crippen molar-refractivity contribution < 1.29 is 4.42 Å². The van der Waals surface area contributed by atoms with Crippen LogP contribution in [0.15, 0.2) is 28.9 Å². The minimum atomic E-state index is 0.257. The van der Waals surface area contributed by atoms with E-state index in [2.05, 4.69) is 27.5 Å². The summed E-state index contributed by atoms with van der Waals surface area (Å²) in [6, 6.07) is 5.98. The lowest BCUT2D eigenvalue weighted by Gasteiger charge is -2.14. The monoisotopic (exact) mass is 261 g/mol. The van der Waals surface area contributed by atoms with E-state index in [1.807, 2.05) is 18.2 Å². The highest BCUT2D eigenvalue weighted by molar-refractivity contribution is 5.50. The molecule has 2 rings (SSSR count). The first-order valence-electron chi connectivity index (χ1n) is 6.28. The largest absolute Gasteiger partial charge is 0.469 e. The van der Waals surface area contributed by atoms with Crippen molar-refractivity contribution in [2.75, 3.05) is 23.4 Å². The minimum Gasteiger partial charge on any atom is -0.469 e. The molecule has 0 aliphatic rings. The zero-order valence-corrected chi connectivity index (χ0v) is 11.2. The van der Waals surface area contributed by atoms with Gasteiger partial charge < -0.3 is 20.8 Å². The third-order valence-corrected chi connectivity index (χ3v) is 2.80. The molecule has 0 bridgehead atoms. The Kier molecular flexibility index (Phi) is 4.22. The third kappa shape index (κ3) is 3.87. The van der Waals surface area contributed by atoms with Gasteiger partial charge in [-0.1, -0.05) is 0 Å². The van der Waals surface area contributed by atoms with E-state index in [1.165, 1.54) is 0 Å². The number of nitrogens with zero attached hydrogens (tertiary/aromatic N) is 2. The molecule has 6 nitrogen and oxygen atoms in total. The van der Waals surface area contributed by atoms with Gasteiger partial charge in [0.15, 0.2) is 0 Å². The van der Waals surface area contributed by atoms with Gasteiger partial charge in [-0.3, -0.25) is 0 Å². The molecule has 2 aromatic heterocycles. The van der Waals surface area contributed by atoms with E-state index < -0.39 is 0 Å². The molecule has 0 amide bonds. The molecule has 0 aliphatic carbocycles. The second-order valence-corrected chi connectivity index (χ2v) is 4.41. The molecular weight excluding hydrogens is 242 g/mol. The number of aromatic nitrogens is 2. The number of aryl methyl sites for hydroxylation is 1. The fourth-order valence-electron chi connectivity index (χ4n) is 1.81. The number of anilines is 3. The first kappa shape index (κ1) is 13.2. The van der Waals surface area contributed by atoms with Crippen LogP contribution in [0.5, 0.6) is 0 Å². The van der Waals surface area contributed by atoms with E-state index in [1.54, 1.807) is 13.3 Å². The second-order valence-electron chi connectivity index (χ2n) is 4.41. The SMILES string of the molecule is CNc1cc(NC(C)CCc2ccco2)nc(N)n1. The van der Waals surface area contributed by atoms with Gasteiger partial charge in [-0.25, -0.2) is 0 Å². The lowest BCUT2D eigenvalue weighted by molar-refractivity contribution is 0.495. The van der Waals surface area contributed by atoms with Crippen molar-refractivity contribution in [3.05, 3.63) is 30.2 Å². The molecule has 1 atom stereocenters. The number of rotatable bonds is 6. The Bertz CT molecular complexity index is 512. The second kappa shape index (κ2) is 6.08. The predicted molar refractivity (Wildman–Crippen MR) is 76.1 cm³/mol. The van der Waals surface area contributed by atoms with Gasteiger partial charge in [0.25, 0.3) is 0 Å². The zero-order chi connectivity index (χ0) is 13.7. The van der Waals surface area contributed by atoms with Gasteiger partial charge in [-0.05, 0) is 25.5 Å². The Hall–Kier alpha value is -2.24. The Balaban J connectivity index is 1.91. The molecular formula is C13H19N5O. The van der Waals surface area contributed by atoms with Crippen molar-refractivity contribution >= 4 is 17.6 Å². The summed E-state index contributed by atoms with van der Waals surface area (Å²) >= 11 is 0. The van der Waals surface area contributed by atoms with Gasteiger partial charge in [0, 0.05) is 25.6 Å². The van der Waals surface area contributed by atoms with Gasteiger partial charge in [0.1, 0.15) is 17.4 Å². The maximum Gasteiger partial charge on any atom is 0.223 e. The molecule has 0 aromatic carbocycles. The Morgan fingerprint density at radius 2 is 2.16 bits per heavy atom. The van der Waals surface area contributed by atoms with E-state index >= 15 is 0 Å². The standard InChI is InChI=1S/C13H19N5O/c1-9(5-6-10-4-3-7-19-10)16-12-8-11(15-2)17-13(14)18-12/h3-4,7-9H,5-6H2,1-2H3,(H4,14,15,16,17,18). The molecule has 2 aromatic rings. The first-order chi connectivity index (χ1) is 9.17. The summed E-state index contributed by atoms with van der Waals surface area (Å²) in [5.41, 5.74) is 5.64. The number of nitrogens with two attached hydrogens (primary N) is 1. The molecule has 2 heterocycles. The molecule has 0 fully saturated rings. The number of nitrogen functional groups attached to an aromatic ring is 1. The zero-order valence-electron chi connectivity index (χ0n) is 11.2. The van der Waals surface area contributed by atoms with Crippen LogP contribution in [0.3, 0.4) is 0 Å². The third-order valence-electron chi connectivity index (χ3n) is 2.80. The normalized spacial score (nSPS) is 12.1. The van der Waals surface area contributed by atoms with Crippen LogP contribution in [-0.2, 0) is 6.42 Å². The molecule has 6 heteroatoms. The average Bonchev–Trinajstić information content (AvgIpc) is 2.88. The summed E-state index contributed by atoms with van der Waals surface area (Å²) in [6.07, 6.45) is 3.53. The van der Waals surface area contributed by atoms with Crippen molar-refractivity contribution in [2.24, 2.45) is 0 Å². The highest BCUT2D eigenvalue weighted by Gasteiger charge is 2.07. The van der Waals surface area contributed by atoms with Crippen molar-refractivity contribution in [3.63, 3.8) is 0 Å². The number of furan rings is 1. The van der Waals surface area contributed by atoms with Crippen molar-refractivity contribution in [3.8, 4) is 0 Å². The molecule has 0 radical (unpaired) electrons. The molecule has 0 spiro atoms. The summed E-state index contributed by atoms with van der Waals surface area (Å²) in [5, 5.41) is 6.26. The first-order valence-corrected chi connectivity index (χ1v) is 6.28. The van der Waals surface area contributed by atoms with Crippen molar-refractivity contribution in [1.82, 2.24) is 9.97 Å². The summed E-state index contributed by atoms with van der Waals surface area (Å²) in [6.45, 7) is 2.10. The van der Waals surface area contributed by atoms with Gasteiger partial charge in [0.2, 0.25) is 5.95 Å². The van der Waals surface area contributed by atoms with Crippen molar-refractivity contribution in [1.29, 1.82) is 0 Å². The molecule has 19 heavy (non-hydrogen) atoms. The van der Waals surface area contributed by atoms with E-state index in [0.717, 1.165) is 24.4 Å².